The molecule has 0 atom stereocenters. The predicted octanol–water partition coefficient (Wildman–Crippen LogP) is 3.12. The normalized spacial score (nSPS) is 11.2. The molecule has 100 valence electrons. The summed E-state index contributed by atoms with van der Waals surface area (Å²) >= 11 is 7.33. The molecule has 0 saturated heterocycles. The minimum Gasteiger partial charge on any atom is -0.368 e. The number of hydrogen-bond acceptors (Lipinski definition) is 5. The number of imidazole rings is 1. The highest BCUT2D eigenvalue weighted by Crippen LogP contribution is 2.21. The van der Waals surface area contributed by atoms with E-state index >= 15 is 0 Å². The van der Waals surface area contributed by atoms with Crippen LogP contribution in [0.3, 0.4) is 0 Å². The van der Waals surface area contributed by atoms with Gasteiger partial charge in [-0.3, -0.25) is 0 Å². The van der Waals surface area contributed by atoms with Crippen LogP contribution in [-0.4, -0.2) is 20.9 Å². The Morgan fingerprint density at radius 3 is 2.80 bits per heavy atom. The first-order valence-corrected chi connectivity index (χ1v) is 7.03. The maximum Gasteiger partial charge on any atom is 0.221 e. The van der Waals surface area contributed by atoms with E-state index in [4.69, 9.17) is 17.3 Å². The van der Waals surface area contributed by atoms with Crippen LogP contribution >= 0.6 is 22.9 Å². The number of halogens is 1. The summed E-state index contributed by atoms with van der Waals surface area (Å²) in [5.74, 6) is 0.320. The van der Waals surface area contributed by atoms with Gasteiger partial charge in [0.05, 0.1) is 12.4 Å². The molecule has 2 heterocycles. The molecule has 0 aliphatic rings. The number of anilines is 1. The van der Waals surface area contributed by atoms with Crippen LogP contribution in [0.5, 0.6) is 0 Å². The molecule has 2 N–H and O–H groups in total. The van der Waals surface area contributed by atoms with Gasteiger partial charge >= 0.3 is 0 Å². The molecule has 2 aromatic heterocycles. The van der Waals surface area contributed by atoms with Gasteiger partial charge in [0.15, 0.2) is 0 Å². The zero-order valence-corrected chi connectivity index (χ0v) is 11.8. The van der Waals surface area contributed by atoms with Crippen LogP contribution in [0.1, 0.15) is 5.56 Å². The lowest BCUT2D eigenvalue weighted by Gasteiger charge is -1.95. The quantitative estimate of drug-likeness (QED) is 0.756. The van der Waals surface area contributed by atoms with Crippen LogP contribution < -0.4 is 5.73 Å². The predicted molar refractivity (Wildman–Crippen MR) is 82.2 cm³/mol. The van der Waals surface area contributed by atoms with Crippen molar-refractivity contribution in [1.82, 2.24) is 14.6 Å². The number of aromatic nitrogens is 3. The monoisotopic (exact) mass is 303 g/mol. The van der Waals surface area contributed by atoms with Gasteiger partial charge in [-0.25, -0.2) is 14.6 Å². The second-order valence-corrected chi connectivity index (χ2v) is 5.29. The third-order valence-electron chi connectivity index (χ3n) is 2.57. The summed E-state index contributed by atoms with van der Waals surface area (Å²) in [6.45, 7) is 0. The fourth-order valence-corrected chi connectivity index (χ4v) is 2.33. The minimum atomic E-state index is 0.320. The minimum absolute atomic E-state index is 0.320. The van der Waals surface area contributed by atoms with E-state index in [1.165, 1.54) is 16.0 Å². The van der Waals surface area contributed by atoms with Crippen molar-refractivity contribution < 1.29 is 0 Å². The van der Waals surface area contributed by atoms with Crippen molar-refractivity contribution in [2.24, 2.45) is 5.10 Å². The first kappa shape index (κ1) is 12.8. The summed E-state index contributed by atoms with van der Waals surface area (Å²) in [6, 6.07) is 7.36. The molecule has 3 aromatic rings. The van der Waals surface area contributed by atoms with Crippen LogP contribution in [0.2, 0.25) is 5.02 Å². The van der Waals surface area contributed by atoms with Crippen molar-refractivity contribution in [1.29, 1.82) is 0 Å². The number of benzene rings is 1. The molecule has 0 spiro atoms. The maximum absolute atomic E-state index is 5.83. The highest BCUT2D eigenvalue weighted by Gasteiger charge is 2.08. The summed E-state index contributed by atoms with van der Waals surface area (Å²) in [5, 5.41) is 7.67. The Morgan fingerprint density at radius 1 is 1.30 bits per heavy atom. The third-order valence-corrected chi connectivity index (χ3v) is 3.61. The lowest BCUT2D eigenvalue weighted by Crippen LogP contribution is -1.96. The van der Waals surface area contributed by atoms with Crippen molar-refractivity contribution in [2.45, 2.75) is 0 Å². The SMILES string of the molecule is Nc1nc(-c2nccs2)cn1/N=C/c1ccc(Cl)cc1. The summed E-state index contributed by atoms with van der Waals surface area (Å²) in [6.07, 6.45) is 5.17. The Bertz CT molecular complexity index is 731. The van der Waals surface area contributed by atoms with Crippen molar-refractivity contribution in [2.75, 3.05) is 5.73 Å². The molecular formula is C13H10ClN5S. The van der Waals surface area contributed by atoms with E-state index in [-0.39, 0.29) is 0 Å². The van der Waals surface area contributed by atoms with Gasteiger partial charge in [-0.2, -0.15) is 5.10 Å². The average Bonchev–Trinajstić information content (AvgIpc) is 3.08. The molecule has 0 amide bonds. The second kappa shape index (κ2) is 5.44. The first-order chi connectivity index (χ1) is 9.72. The largest absolute Gasteiger partial charge is 0.368 e. The fraction of sp³-hybridized carbons (Fsp3) is 0. The van der Waals surface area contributed by atoms with E-state index in [0.717, 1.165) is 10.6 Å². The van der Waals surface area contributed by atoms with Crippen LogP contribution in [0.25, 0.3) is 10.7 Å². The Morgan fingerprint density at radius 2 is 2.10 bits per heavy atom. The molecule has 0 radical (unpaired) electrons. The molecule has 7 heteroatoms. The molecule has 0 bridgehead atoms. The van der Waals surface area contributed by atoms with E-state index in [1.54, 1.807) is 30.7 Å². The number of rotatable bonds is 3. The average molecular weight is 304 g/mol. The standard InChI is InChI=1S/C13H10ClN5S/c14-10-3-1-9(2-4-10)7-17-19-8-11(18-13(19)15)12-16-5-6-20-12/h1-8H,(H2,15,18)/b17-7+. The number of nitrogens with zero attached hydrogens (tertiary/aromatic N) is 4. The molecule has 0 aliphatic carbocycles. The molecule has 1 aromatic carbocycles. The van der Waals surface area contributed by atoms with Crippen LogP contribution in [0.4, 0.5) is 5.95 Å². The van der Waals surface area contributed by atoms with E-state index in [2.05, 4.69) is 15.1 Å². The Kier molecular flexibility index (Phi) is 3.49. The number of hydrogen-bond donors (Lipinski definition) is 1. The van der Waals surface area contributed by atoms with Gasteiger partial charge in [-0.15, -0.1) is 11.3 Å². The van der Waals surface area contributed by atoms with Crippen LogP contribution in [-0.2, 0) is 0 Å². The molecule has 0 unspecified atom stereocenters. The summed E-state index contributed by atoms with van der Waals surface area (Å²) < 4.78 is 1.52. The summed E-state index contributed by atoms with van der Waals surface area (Å²) in [5.41, 5.74) is 7.47. The van der Waals surface area contributed by atoms with Gasteiger partial charge in [-0.05, 0) is 17.7 Å². The van der Waals surface area contributed by atoms with Gasteiger partial charge in [0, 0.05) is 16.6 Å². The summed E-state index contributed by atoms with van der Waals surface area (Å²) in [4.78, 5) is 8.42. The number of thiazole rings is 1. The third kappa shape index (κ3) is 2.71. The van der Waals surface area contributed by atoms with Crippen molar-refractivity contribution in [3.05, 3.63) is 52.6 Å². The molecule has 0 aliphatic heterocycles. The van der Waals surface area contributed by atoms with Gasteiger partial charge in [-0.1, -0.05) is 23.7 Å². The smallest absolute Gasteiger partial charge is 0.221 e. The lowest BCUT2D eigenvalue weighted by atomic mass is 10.2. The van der Waals surface area contributed by atoms with Gasteiger partial charge < -0.3 is 5.73 Å². The van der Waals surface area contributed by atoms with Crippen molar-refractivity contribution in [3.63, 3.8) is 0 Å². The highest BCUT2D eigenvalue weighted by atomic mass is 35.5. The Labute approximate surface area is 124 Å². The van der Waals surface area contributed by atoms with E-state index in [0.29, 0.717) is 16.7 Å². The van der Waals surface area contributed by atoms with Gasteiger partial charge in [0.1, 0.15) is 10.7 Å². The molecule has 3 rings (SSSR count). The second-order valence-electron chi connectivity index (χ2n) is 3.96. The Hall–Kier alpha value is -2.18. The molecule has 0 fully saturated rings. The van der Waals surface area contributed by atoms with Crippen LogP contribution in [0, 0.1) is 0 Å². The number of nitrogens with two attached hydrogens (primary N) is 1. The van der Waals surface area contributed by atoms with E-state index in [1.807, 2.05) is 17.5 Å². The van der Waals surface area contributed by atoms with Crippen LogP contribution in [0.15, 0.2) is 47.1 Å². The van der Waals surface area contributed by atoms with Crippen molar-refractivity contribution in [3.8, 4) is 10.7 Å². The maximum atomic E-state index is 5.83. The van der Waals surface area contributed by atoms with E-state index < -0.39 is 0 Å². The lowest BCUT2D eigenvalue weighted by molar-refractivity contribution is 0.898. The molecule has 0 saturated carbocycles. The Balaban J connectivity index is 1.86. The van der Waals surface area contributed by atoms with Gasteiger partial charge in [0.2, 0.25) is 5.95 Å². The molecular weight excluding hydrogens is 294 g/mol. The number of nitrogen functional groups attached to an aromatic ring is 1. The van der Waals surface area contributed by atoms with Crippen molar-refractivity contribution >= 4 is 35.1 Å². The topological polar surface area (TPSA) is 69.1 Å². The highest BCUT2D eigenvalue weighted by molar-refractivity contribution is 7.13. The molecule has 5 nitrogen and oxygen atoms in total. The zero-order valence-electron chi connectivity index (χ0n) is 10.3. The fourth-order valence-electron chi connectivity index (χ4n) is 1.61. The zero-order chi connectivity index (χ0) is 13.9. The van der Waals surface area contributed by atoms with E-state index in [9.17, 15) is 0 Å². The molecule has 20 heavy (non-hydrogen) atoms. The first-order valence-electron chi connectivity index (χ1n) is 5.77. The summed E-state index contributed by atoms with van der Waals surface area (Å²) in [7, 11) is 0. The van der Waals surface area contributed by atoms with Gasteiger partial charge in [0.25, 0.3) is 0 Å².